The summed E-state index contributed by atoms with van der Waals surface area (Å²) < 4.78 is 5.72. The number of hydrogen-bond acceptors (Lipinski definition) is 3. The molecule has 0 aliphatic rings. The summed E-state index contributed by atoms with van der Waals surface area (Å²) in [6.45, 7) is 2.42. The van der Waals surface area contributed by atoms with Gasteiger partial charge in [-0.1, -0.05) is 6.07 Å². The summed E-state index contributed by atoms with van der Waals surface area (Å²) in [5, 5.41) is 10.2. The van der Waals surface area contributed by atoms with Crippen LogP contribution in [0.1, 0.15) is 19.8 Å². The van der Waals surface area contributed by atoms with Gasteiger partial charge in [0.2, 0.25) is 0 Å². The van der Waals surface area contributed by atoms with Crippen molar-refractivity contribution in [3.05, 3.63) is 36.5 Å². The molecule has 3 heteroatoms. The molecule has 1 heterocycles. The van der Waals surface area contributed by atoms with Crippen molar-refractivity contribution < 1.29 is 9.84 Å². The Balaban J connectivity index is 2.03. The molecule has 1 aromatic carbocycles. The third kappa shape index (κ3) is 3.17. The zero-order valence-corrected chi connectivity index (χ0v) is 9.97. The average molecular weight is 231 g/mol. The summed E-state index contributed by atoms with van der Waals surface area (Å²) >= 11 is 0. The maximum Gasteiger partial charge on any atom is 0.128 e. The van der Waals surface area contributed by atoms with Crippen molar-refractivity contribution in [1.29, 1.82) is 0 Å². The fraction of sp³-hybridized carbons (Fsp3) is 0.357. The fourth-order valence-electron chi connectivity index (χ4n) is 1.76. The number of aliphatic hydroxyl groups excluding tert-OH is 1. The van der Waals surface area contributed by atoms with Gasteiger partial charge in [-0.25, -0.2) is 0 Å². The van der Waals surface area contributed by atoms with E-state index in [4.69, 9.17) is 9.84 Å². The second-order valence-electron chi connectivity index (χ2n) is 4.17. The predicted octanol–water partition coefficient (Wildman–Crippen LogP) is 2.77. The van der Waals surface area contributed by atoms with Crippen LogP contribution in [0.15, 0.2) is 36.5 Å². The molecule has 2 rings (SSSR count). The number of aromatic nitrogens is 1. The maximum absolute atomic E-state index is 9.16. The lowest BCUT2D eigenvalue weighted by molar-refractivity contribution is 0.170. The van der Waals surface area contributed by atoms with Crippen LogP contribution in [0.2, 0.25) is 0 Å². The lowest BCUT2D eigenvalue weighted by atomic mass is 10.2. The summed E-state index contributed by atoms with van der Waals surface area (Å²) in [6.07, 6.45) is 3.14. The Bertz CT molecular complexity index is 477. The second kappa shape index (κ2) is 5.64. The van der Waals surface area contributed by atoms with Crippen LogP contribution in [0.4, 0.5) is 0 Å². The lowest BCUT2D eigenvalue weighted by Crippen LogP contribution is -2.04. The van der Waals surface area contributed by atoms with Gasteiger partial charge in [0.05, 0.1) is 18.2 Å². The van der Waals surface area contributed by atoms with Crippen LogP contribution < -0.4 is 4.74 Å². The first-order valence-electron chi connectivity index (χ1n) is 5.92. The zero-order chi connectivity index (χ0) is 12.1. The van der Waals surface area contributed by atoms with Gasteiger partial charge in [-0.2, -0.15) is 0 Å². The molecule has 0 saturated carbocycles. The minimum absolute atomic E-state index is 0.257. The summed E-state index contributed by atoms with van der Waals surface area (Å²) in [5.41, 5.74) is 0.945. The van der Waals surface area contributed by atoms with Crippen molar-refractivity contribution in [1.82, 2.24) is 4.98 Å². The summed E-state index contributed by atoms with van der Waals surface area (Å²) in [6, 6.07) is 9.78. The number of pyridine rings is 1. The van der Waals surface area contributed by atoms with Gasteiger partial charge in [-0.3, -0.25) is 4.98 Å². The number of fused-ring (bicyclic) bond motifs is 1. The average Bonchev–Trinajstić information content (AvgIpc) is 2.34. The normalized spacial score (nSPS) is 12.6. The molecule has 0 aliphatic heterocycles. The van der Waals surface area contributed by atoms with Gasteiger partial charge in [0.1, 0.15) is 5.75 Å². The molecular formula is C14H17NO2. The molecule has 0 bridgehead atoms. The molecule has 1 aromatic heterocycles. The molecule has 1 unspecified atom stereocenters. The monoisotopic (exact) mass is 231 g/mol. The van der Waals surface area contributed by atoms with Crippen LogP contribution in [0.3, 0.4) is 0 Å². The number of nitrogens with zero attached hydrogens (tertiary/aromatic N) is 1. The SMILES string of the molecule is CC(O)CCCOc1cccc2ncccc12. The number of rotatable bonds is 5. The van der Waals surface area contributed by atoms with Gasteiger partial charge >= 0.3 is 0 Å². The zero-order valence-electron chi connectivity index (χ0n) is 9.97. The van der Waals surface area contributed by atoms with E-state index in [9.17, 15) is 0 Å². The van der Waals surface area contributed by atoms with Crippen molar-refractivity contribution in [3.8, 4) is 5.75 Å². The van der Waals surface area contributed by atoms with Crippen molar-refractivity contribution in [2.24, 2.45) is 0 Å². The second-order valence-corrected chi connectivity index (χ2v) is 4.17. The molecule has 0 fully saturated rings. The molecule has 3 nitrogen and oxygen atoms in total. The molecule has 1 N–H and O–H groups in total. The number of hydrogen-bond donors (Lipinski definition) is 1. The van der Waals surface area contributed by atoms with E-state index in [-0.39, 0.29) is 6.10 Å². The molecule has 0 radical (unpaired) electrons. The van der Waals surface area contributed by atoms with E-state index >= 15 is 0 Å². The highest BCUT2D eigenvalue weighted by molar-refractivity contribution is 5.84. The molecule has 0 saturated heterocycles. The molecule has 17 heavy (non-hydrogen) atoms. The Kier molecular flexibility index (Phi) is 3.94. The Labute approximate surface area is 101 Å². The number of ether oxygens (including phenoxy) is 1. The number of benzene rings is 1. The van der Waals surface area contributed by atoms with Gasteiger partial charge in [0.25, 0.3) is 0 Å². The first kappa shape index (κ1) is 11.9. The van der Waals surface area contributed by atoms with Crippen molar-refractivity contribution >= 4 is 10.9 Å². The van der Waals surface area contributed by atoms with Gasteiger partial charge in [0.15, 0.2) is 0 Å². The first-order valence-corrected chi connectivity index (χ1v) is 5.92. The minimum atomic E-state index is -0.257. The third-order valence-electron chi connectivity index (χ3n) is 2.63. The van der Waals surface area contributed by atoms with E-state index in [0.29, 0.717) is 6.61 Å². The largest absolute Gasteiger partial charge is 0.493 e. The topological polar surface area (TPSA) is 42.4 Å². The Hall–Kier alpha value is -1.61. The molecule has 2 aromatic rings. The van der Waals surface area contributed by atoms with E-state index < -0.39 is 0 Å². The van der Waals surface area contributed by atoms with E-state index in [1.165, 1.54) is 0 Å². The van der Waals surface area contributed by atoms with Crippen LogP contribution >= 0.6 is 0 Å². The van der Waals surface area contributed by atoms with Gasteiger partial charge in [-0.15, -0.1) is 0 Å². The van der Waals surface area contributed by atoms with Crippen LogP contribution in [-0.4, -0.2) is 22.8 Å². The highest BCUT2D eigenvalue weighted by Gasteiger charge is 2.02. The predicted molar refractivity (Wildman–Crippen MR) is 68.2 cm³/mol. The van der Waals surface area contributed by atoms with Crippen molar-refractivity contribution in [2.45, 2.75) is 25.9 Å². The summed E-state index contributed by atoms with van der Waals surface area (Å²) in [5.74, 6) is 0.862. The first-order chi connectivity index (χ1) is 8.27. The Morgan fingerprint density at radius 1 is 1.29 bits per heavy atom. The van der Waals surface area contributed by atoms with Crippen LogP contribution in [0.5, 0.6) is 5.75 Å². The molecule has 1 atom stereocenters. The Morgan fingerprint density at radius 3 is 3.00 bits per heavy atom. The Morgan fingerprint density at radius 2 is 2.18 bits per heavy atom. The maximum atomic E-state index is 9.16. The number of aliphatic hydroxyl groups is 1. The fourth-order valence-corrected chi connectivity index (χ4v) is 1.76. The van der Waals surface area contributed by atoms with Crippen LogP contribution in [-0.2, 0) is 0 Å². The minimum Gasteiger partial charge on any atom is -0.493 e. The third-order valence-corrected chi connectivity index (χ3v) is 2.63. The molecule has 0 aliphatic carbocycles. The van der Waals surface area contributed by atoms with E-state index in [1.54, 1.807) is 13.1 Å². The van der Waals surface area contributed by atoms with Crippen LogP contribution in [0, 0.1) is 0 Å². The van der Waals surface area contributed by atoms with Gasteiger partial charge in [0, 0.05) is 11.6 Å². The lowest BCUT2D eigenvalue weighted by Gasteiger charge is -2.09. The van der Waals surface area contributed by atoms with Gasteiger partial charge in [-0.05, 0) is 44.0 Å². The molecule has 90 valence electrons. The highest BCUT2D eigenvalue weighted by atomic mass is 16.5. The van der Waals surface area contributed by atoms with E-state index in [0.717, 1.165) is 29.5 Å². The summed E-state index contributed by atoms with van der Waals surface area (Å²) in [4.78, 5) is 4.28. The van der Waals surface area contributed by atoms with E-state index in [1.807, 2.05) is 30.3 Å². The van der Waals surface area contributed by atoms with Crippen molar-refractivity contribution in [3.63, 3.8) is 0 Å². The van der Waals surface area contributed by atoms with Crippen LogP contribution in [0.25, 0.3) is 10.9 Å². The van der Waals surface area contributed by atoms with Crippen molar-refractivity contribution in [2.75, 3.05) is 6.61 Å². The summed E-state index contributed by atoms with van der Waals surface area (Å²) in [7, 11) is 0. The molecular weight excluding hydrogens is 214 g/mol. The highest BCUT2D eigenvalue weighted by Crippen LogP contribution is 2.23. The molecule has 0 spiro atoms. The quantitative estimate of drug-likeness (QED) is 0.804. The molecule has 0 amide bonds. The standard InChI is InChI=1S/C14H17NO2/c1-11(16)5-4-10-17-14-8-2-7-13-12(14)6-3-9-15-13/h2-3,6-9,11,16H,4-5,10H2,1H3. The van der Waals surface area contributed by atoms with E-state index in [2.05, 4.69) is 4.98 Å². The van der Waals surface area contributed by atoms with Gasteiger partial charge < -0.3 is 9.84 Å². The smallest absolute Gasteiger partial charge is 0.128 e.